The molecule has 0 spiro atoms. The van der Waals surface area contributed by atoms with Crippen LogP contribution in [-0.4, -0.2) is 106 Å². The minimum Gasteiger partial charge on any atom is -0.456 e. The van der Waals surface area contributed by atoms with E-state index in [4.69, 9.17) is 52.1 Å². The van der Waals surface area contributed by atoms with Gasteiger partial charge in [-0.2, -0.15) is 0 Å². The van der Waals surface area contributed by atoms with Crippen molar-refractivity contribution in [2.45, 2.75) is 109 Å². The van der Waals surface area contributed by atoms with Gasteiger partial charge in [0.25, 0.3) is 0 Å². The van der Waals surface area contributed by atoms with Crippen LogP contribution in [0.15, 0.2) is 91.0 Å². The number of benzene rings is 3. The number of carbonyl (C=O) groups is 4. The summed E-state index contributed by atoms with van der Waals surface area (Å²) in [7, 11) is 1.49. The number of ether oxygens (including phenoxy) is 11. The van der Waals surface area contributed by atoms with E-state index in [1.54, 1.807) is 0 Å². The lowest BCUT2D eigenvalue weighted by Gasteiger charge is -2.46. The van der Waals surface area contributed by atoms with Gasteiger partial charge in [0, 0.05) is 34.8 Å². The van der Waals surface area contributed by atoms with E-state index in [1.807, 2.05) is 91.0 Å². The van der Waals surface area contributed by atoms with Crippen LogP contribution >= 0.6 is 0 Å². The summed E-state index contributed by atoms with van der Waals surface area (Å²) in [6, 6.07) is 28.5. The normalized spacial score (nSPS) is 27.4. The molecule has 0 amide bonds. The van der Waals surface area contributed by atoms with E-state index in [-0.39, 0.29) is 26.4 Å². The molecule has 15 heteroatoms. The average Bonchev–Trinajstić information content (AvgIpc) is 3.30. The number of hydrogen-bond donors (Lipinski definition) is 0. The summed E-state index contributed by atoms with van der Waals surface area (Å²) in [5.41, 5.74) is 2.63. The Morgan fingerprint density at radius 2 is 1.02 bits per heavy atom. The molecule has 57 heavy (non-hydrogen) atoms. The molecule has 0 aliphatic carbocycles. The number of methoxy groups -OCH3 is 1. The number of rotatable bonds is 17. The van der Waals surface area contributed by atoms with Crippen LogP contribution in [-0.2, 0) is 91.1 Å². The van der Waals surface area contributed by atoms with Crippen molar-refractivity contribution in [1.82, 2.24) is 0 Å². The van der Waals surface area contributed by atoms with Crippen LogP contribution < -0.4 is 0 Å². The molecule has 0 radical (unpaired) electrons. The summed E-state index contributed by atoms with van der Waals surface area (Å²) >= 11 is 0. The Bertz CT molecular complexity index is 1710. The van der Waals surface area contributed by atoms with Crippen LogP contribution in [0.1, 0.15) is 44.4 Å². The van der Waals surface area contributed by atoms with E-state index in [2.05, 4.69) is 0 Å². The first-order valence-electron chi connectivity index (χ1n) is 18.6. The van der Waals surface area contributed by atoms with Crippen molar-refractivity contribution in [3.63, 3.8) is 0 Å². The summed E-state index contributed by atoms with van der Waals surface area (Å²) in [5, 5.41) is 0. The van der Waals surface area contributed by atoms with Crippen molar-refractivity contribution >= 4 is 23.9 Å². The maximum Gasteiger partial charge on any atom is 0.303 e. The molecule has 0 aromatic heterocycles. The Labute approximate surface area is 331 Å². The van der Waals surface area contributed by atoms with E-state index >= 15 is 0 Å². The zero-order chi connectivity index (χ0) is 40.7. The van der Waals surface area contributed by atoms with Crippen LogP contribution in [0.5, 0.6) is 0 Å². The Morgan fingerprint density at radius 3 is 1.53 bits per heavy atom. The van der Waals surface area contributed by atoms with Gasteiger partial charge in [-0.1, -0.05) is 91.0 Å². The molecule has 0 bridgehead atoms. The van der Waals surface area contributed by atoms with Gasteiger partial charge in [-0.25, -0.2) is 0 Å². The fraction of sp³-hybridized carbons (Fsp3) is 0.476. The van der Waals surface area contributed by atoms with Crippen molar-refractivity contribution < 1.29 is 71.3 Å². The molecule has 0 N–H and O–H groups in total. The molecule has 2 fully saturated rings. The monoisotopic (exact) mass is 794 g/mol. The van der Waals surface area contributed by atoms with Crippen molar-refractivity contribution in [3.05, 3.63) is 108 Å². The van der Waals surface area contributed by atoms with Gasteiger partial charge >= 0.3 is 23.9 Å². The molecule has 3 aromatic rings. The van der Waals surface area contributed by atoms with Gasteiger partial charge in [0.15, 0.2) is 37.0 Å². The van der Waals surface area contributed by atoms with E-state index in [1.165, 1.54) is 7.11 Å². The molecule has 2 heterocycles. The average molecular weight is 795 g/mol. The van der Waals surface area contributed by atoms with Crippen molar-refractivity contribution in [1.29, 1.82) is 0 Å². The van der Waals surface area contributed by atoms with Gasteiger partial charge in [-0.15, -0.1) is 0 Å². The fourth-order valence-electron chi connectivity index (χ4n) is 6.63. The van der Waals surface area contributed by atoms with E-state index in [0.29, 0.717) is 0 Å². The summed E-state index contributed by atoms with van der Waals surface area (Å²) in [6.45, 7) is 4.58. The molecule has 5 rings (SSSR count). The lowest BCUT2D eigenvalue weighted by atomic mass is 9.97. The van der Waals surface area contributed by atoms with Crippen molar-refractivity contribution in [2.75, 3.05) is 20.3 Å². The third kappa shape index (κ3) is 12.9. The number of esters is 4. The molecule has 0 unspecified atom stereocenters. The lowest BCUT2D eigenvalue weighted by molar-refractivity contribution is -0.347. The van der Waals surface area contributed by atoms with Crippen LogP contribution in [0.2, 0.25) is 0 Å². The fourth-order valence-corrected chi connectivity index (χ4v) is 6.63. The molecule has 15 nitrogen and oxygen atoms in total. The molecule has 308 valence electrons. The van der Waals surface area contributed by atoms with Gasteiger partial charge in [0.2, 0.25) is 0 Å². The zero-order valence-corrected chi connectivity index (χ0v) is 32.6. The van der Waals surface area contributed by atoms with E-state index < -0.39 is 91.9 Å². The van der Waals surface area contributed by atoms with Crippen LogP contribution in [0.25, 0.3) is 0 Å². The molecular formula is C42H50O15. The Balaban J connectivity index is 1.57. The first kappa shape index (κ1) is 43.4. The highest BCUT2D eigenvalue weighted by Gasteiger charge is 2.55. The maximum absolute atomic E-state index is 12.7. The van der Waals surface area contributed by atoms with E-state index in [0.717, 1.165) is 44.4 Å². The van der Waals surface area contributed by atoms with Gasteiger partial charge < -0.3 is 52.1 Å². The second-order valence-corrected chi connectivity index (χ2v) is 13.5. The maximum atomic E-state index is 12.7. The molecule has 2 saturated heterocycles. The number of hydrogen-bond acceptors (Lipinski definition) is 15. The van der Waals surface area contributed by atoms with Gasteiger partial charge in [-0.3, -0.25) is 19.2 Å². The topological polar surface area (TPSA) is 170 Å². The van der Waals surface area contributed by atoms with Crippen LogP contribution in [0, 0.1) is 0 Å². The Morgan fingerprint density at radius 1 is 0.544 bits per heavy atom. The first-order chi connectivity index (χ1) is 27.5. The molecule has 2 aliphatic rings. The first-order valence-corrected chi connectivity index (χ1v) is 18.6. The van der Waals surface area contributed by atoms with Gasteiger partial charge in [-0.05, 0) is 16.7 Å². The van der Waals surface area contributed by atoms with Gasteiger partial charge in [0.05, 0.1) is 33.0 Å². The Hall–Kier alpha value is -4.74. The standard InChI is InChI=1S/C42H50O15/c1-26(43)52-34-25-51-42(40(55-29(4)46)38(54-28(3)45)36(34)53-27(2)44)57-35-33(24-48-21-30-15-9-6-10-16-30)56-41(47-5)39(50-23-32-19-13-8-14-20-32)37(35)49-22-31-17-11-7-12-18-31/h6-20,33-42H,21-25H2,1-5H3/t33-,34-,35-,36-,37+,38+,39-,40-,41+,42+/m1/s1. The second-order valence-electron chi connectivity index (χ2n) is 13.5. The molecule has 3 aromatic carbocycles. The largest absolute Gasteiger partial charge is 0.456 e. The Kier molecular flexibility index (Phi) is 16.5. The zero-order valence-electron chi connectivity index (χ0n) is 32.6. The lowest BCUT2D eigenvalue weighted by Crippen LogP contribution is -2.63. The smallest absolute Gasteiger partial charge is 0.303 e. The van der Waals surface area contributed by atoms with Crippen LogP contribution in [0.4, 0.5) is 0 Å². The minimum atomic E-state index is -1.57. The van der Waals surface area contributed by atoms with Crippen molar-refractivity contribution in [2.24, 2.45) is 0 Å². The molecule has 0 saturated carbocycles. The quantitative estimate of drug-likeness (QED) is 0.141. The highest BCUT2D eigenvalue weighted by atomic mass is 16.8. The summed E-state index contributed by atoms with van der Waals surface area (Å²) in [4.78, 5) is 50.0. The predicted molar refractivity (Wildman–Crippen MR) is 199 cm³/mol. The highest BCUT2D eigenvalue weighted by molar-refractivity contribution is 5.69. The molecule has 2 aliphatic heterocycles. The summed E-state index contributed by atoms with van der Waals surface area (Å²) < 4.78 is 67.3. The SMILES string of the molecule is CO[C@H]1O[C@H](COCc2ccccc2)[C@@H](O[C@@H]2OC[C@@H](OC(C)=O)[C@@H](OC(C)=O)[C@H](OC(C)=O)[C@H]2OC(C)=O)[C@H](OCc2ccccc2)[C@H]1OCc1ccccc1. The van der Waals surface area contributed by atoms with Crippen LogP contribution in [0.3, 0.4) is 0 Å². The summed E-state index contributed by atoms with van der Waals surface area (Å²) in [6.07, 6.45) is -12.4. The second kappa shape index (κ2) is 21.7. The summed E-state index contributed by atoms with van der Waals surface area (Å²) in [5.74, 6) is -3.14. The third-order valence-electron chi connectivity index (χ3n) is 9.01. The van der Waals surface area contributed by atoms with Crippen molar-refractivity contribution in [3.8, 4) is 0 Å². The minimum absolute atomic E-state index is 0.0412. The third-order valence-corrected chi connectivity index (χ3v) is 9.01. The highest BCUT2D eigenvalue weighted by Crippen LogP contribution is 2.35. The molecular weight excluding hydrogens is 744 g/mol. The molecule has 10 atom stereocenters. The van der Waals surface area contributed by atoms with E-state index in [9.17, 15) is 19.2 Å². The number of carbonyl (C=O) groups excluding carboxylic acids is 4. The van der Waals surface area contributed by atoms with Gasteiger partial charge in [0.1, 0.15) is 24.4 Å². The predicted octanol–water partition coefficient (Wildman–Crippen LogP) is 4.21.